The molecule has 0 amide bonds. The Kier molecular flexibility index (Phi) is 13.4. The number of hydrogen-bond acceptors (Lipinski definition) is 2. The average molecular weight is 222 g/mol. The molecule has 0 aromatic heterocycles. The molecule has 84 valence electrons. The molecular formula is C11H24AlLiO2. The summed E-state index contributed by atoms with van der Waals surface area (Å²) in [6.45, 7) is 7.36. The predicted octanol–water partition coefficient (Wildman–Crippen LogP) is 0.633. The molecule has 0 unspecified atom stereocenters. The molecule has 0 saturated heterocycles. The third kappa shape index (κ3) is 7.51. The summed E-state index contributed by atoms with van der Waals surface area (Å²) in [7, 11) is 1.64. The summed E-state index contributed by atoms with van der Waals surface area (Å²) in [6.07, 6.45) is 3.97. The third-order valence-corrected chi connectivity index (χ3v) is 10.1. The smallest absolute Gasteiger partial charge is 0.476 e. The van der Waals surface area contributed by atoms with Gasteiger partial charge in [0.25, 0.3) is 0 Å². The van der Waals surface area contributed by atoms with Crippen LogP contribution < -0.4 is 18.9 Å². The van der Waals surface area contributed by atoms with Gasteiger partial charge in [-0.25, -0.2) is 0 Å². The first kappa shape index (κ1) is 18.0. The van der Waals surface area contributed by atoms with E-state index in [0.29, 0.717) is 6.79 Å². The number of rotatable bonds is 8. The summed E-state index contributed by atoms with van der Waals surface area (Å²) in [5.74, 6) is 0. The molecule has 0 saturated carbocycles. The molecule has 0 heterocycles. The maximum absolute atomic E-state index is 5.14. The van der Waals surface area contributed by atoms with E-state index in [1.807, 2.05) is 0 Å². The van der Waals surface area contributed by atoms with Gasteiger partial charge in [-0.1, -0.05) is 6.08 Å². The molecule has 0 aliphatic heterocycles. The minimum absolute atomic E-state index is 0. The Hall–Kier alpha value is 0.630. The quantitative estimate of drug-likeness (QED) is 0.259. The SMILES string of the molecule is C[CH2][Al-]([CH2]C)([CH2]C)[CH2]/C=C/OCOC.[Li+]. The van der Waals surface area contributed by atoms with E-state index < -0.39 is 13.1 Å². The zero-order chi connectivity index (χ0) is 10.9. The van der Waals surface area contributed by atoms with Gasteiger partial charge >= 0.3 is 18.9 Å². The van der Waals surface area contributed by atoms with Crippen LogP contribution in [0, 0.1) is 0 Å². The first-order valence-corrected chi connectivity index (χ1v) is 8.98. The summed E-state index contributed by atoms with van der Waals surface area (Å²) in [4.78, 5) is 0. The molecular weight excluding hydrogens is 198 g/mol. The Balaban J connectivity index is 0. The maximum Gasteiger partial charge on any atom is 1.00 e. The van der Waals surface area contributed by atoms with Gasteiger partial charge in [-0.3, -0.25) is 0 Å². The molecule has 0 radical (unpaired) electrons. The Labute approximate surface area is 109 Å². The van der Waals surface area contributed by atoms with Gasteiger partial charge in [0.2, 0.25) is 0 Å². The summed E-state index contributed by atoms with van der Waals surface area (Å²) in [6, 6.07) is 0. The van der Waals surface area contributed by atoms with Gasteiger partial charge in [0, 0.05) is 7.11 Å². The Morgan fingerprint density at radius 3 is 2.00 bits per heavy atom. The molecule has 0 rings (SSSR count). The van der Waals surface area contributed by atoms with Gasteiger partial charge in [0.1, 0.15) is 13.1 Å². The fraction of sp³-hybridized carbons (Fsp3) is 0.818. The van der Waals surface area contributed by atoms with Crippen LogP contribution >= 0.6 is 0 Å². The second kappa shape index (κ2) is 11.1. The van der Waals surface area contributed by atoms with Crippen molar-refractivity contribution in [3.05, 3.63) is 12.3 Å². The molecule has 2 nitrogen and oxygen atoms in total. The minimum Gasteiger partial charge on any atom is -0.476 e. The fourth-order valence-electron chi connectivity index (χ4n) is 1.89. The van der Waals surface area contributed by atoms with Gasteiger partial charge in [-0.15, -0.1) is 20.8 Å². The molecule has 0 aromatic carbocycles. The van der Waals surface area contributed by atoms with E-state index in [0.717, 1.165) is 0 Å². The zero-order valence-corrected chi connectivity index (χ0v) is 12.2. The second-order valence-corrected chi connectivity index (χ2v) is 10.5. The van der Waals surface area contributed by atoms with Crippen LogP contribution in [0.2, 0.25) is 21.1 Å². The fourth-order valence-corrected chi connectivity index (χ4v) is 5.31. The van der Waals surface area contributed by atoms with E-state index in [-0.39, 0.29) is 18.9 Å². The van der Waals surface area contributed by atoms with Crippen LogP contribution in [0.25, 0.3) is 0 Å². The predicted molar refractivity (Wildman–Crippen MR) is 64.1 cm³/mol. The van der Waals surface area contributed by atoms with Crippen LogP contribution in [-0.4, -0.2) is 27.0 Å². The molecule has 0 aliphatic carbocycles. The molecule has 0 atom stereocenters. The van der Waals surface area contributed by atoms with Gasteiger partial charge in [0.15, 0.2) is 6.79 Å². The van der Waals surface area contributed by atoms with E-state index in [9.17, 15) is 0 Å². The van der Waals surface area contributed by atoms with Crippen molar-refractivity contribution in [1.29, 1.82) is 0 Å². The molecule has 0 bridgehead atoms. The van der Waals surface area contributed by atoms with Crippen molar-refractivity contribution < 1.29 is 28.3 Å². The van der Waals surface area contributed by atoms with Crippen LogP contribution in [0.5, 0.6) is 0 Å². The molecule has 15 heavy (non-hydrogen) atoms. The van der Waals surface area contributed by atoms with Crippen LogP contribution in [0.3, 0.4) is 0 Å². The maximum atomic E-state index is 5.14. The van der Waals surface area contributed by atoms with Crippen LogP contribution in [0.15, 0.2) is 12.3 Å². The van der Waals surface area contributed by atoms with Crippen LogP contribution in [-0.2, 0) is 9.47 Å². The number of allylic oxidation sites excluding steroid dienone is 1. The van der Waals surface area contributed by atoms with E-state index in [4.69, 9.17) is 9.47 Å². The first-order valence-electron chi connectivity index (χ1n) is 5.72. The van der Waals surface area contributed by atoms with E-state index in [1.165, 1.54) is 21.1 Å². The van der Waals surface area contributed by atoms with Crippen molar-refractivity contribution in [3.8, 4) is 0 Å². The Morgan fingerprint density at radius 2 is 1.60 bits per heavy atom. The second-order valence-electron chi connectivity index (χ2n) is 4.14. The molecule has 0 aromatic rings. The van der Waals surface area contributed by atoms with Crippen molar-refractivity contribution in [3.63, 3.8) is 0 Å². The third-order valence-electron chi connectivity index (χ3n) is 3.61. The normalized spacial score (nSPS) is 11.5. The van der Waals surface area contributed by atoms with Crippen molar-refractivity contribution in [1.82, 2.24) is 0 Å². The summed E-state index contributed by atoms with van der Waals surface area (Å²) < 4.78 is 9.93. The number of hydrogen-bond donors (Lipinski definition) is 0. The van der Waals surface area contributed by atoms with Gasteiger partial charge in [0.05, 0.1) is 6.26 Å². The Bertz CT molecular complexity index is 150. The van der Waals surface area contributed by atoms with Crippen molar-refractivity contribution in [2.45, 2.75) is 41.9 Å². The number of methoxy groups -OCH3 is 1. The van der Waals surface area contributed by atoms with Crippen LogP contribution in [0.1, 0.15) is 20.8 Å². The van der Waals surface area contributed by atoms with Crippen LogP contribution in [0.4, 0.5) is 0 Å². The van der Waals surface area contributed by atoms with E-state index >= 15 is 0 Å². The summed E-state index contributed by atoms with van der Waals surface area (Å²) >= 11 is -1.28. The average Bonchev–Trinajstić information content (AvgIpc) is 2.24. The van der Waals surface area contributed by atoms with Gasteiger partial charge < -0.3 is 9.47 Å². The largest absolute Gasteiger partial charge is 1.00 e. The minimum atomic E-state index is -1.28. The summed E-state index contributed by atoms with van der Waals surface area (Å²) in [5, 5.41) is 5.46. The topological polar surface area (TPSA) is 18.5 Å². The zero-order valence-electron chi connectivity index (χ0n) is 11.1. The van der Waals surface area contributed by atoms with Crippen molar-refractivity contribution in [2.24, 2.45) is 0 Å². The van der Waals surface area contributed by atoms with E-state index in [2.05, 4.69) is 26.8 Å². The molecule has 0 N–H and O–H groups in total. The molecule has 0 spiro atoms. The molecule has 0 aliphatic rings. The Morgan fingerprint density at radius 1 is 1.07 bits per heavy atom. The monoisotopic (exact) mass is 222 g/mol. The van der Waals surface area contributed by atoms with Crippen molar-refractivity contribution in [2.75, 3.05) is 13.9 Å². The first-order chi connectivity index (χ1) is 6.74. The van der Waals surface area contributed by atoms with Gasteiger partial charge in [-0.05, 0) is 0 Å². The van der Waals surface area contributed by atoms with Gasteiger partial charge in [-0.2, -0.15) is 21.1 Å². The molecule has 0 fully saturated rings. The van der Waals surface area contributed by atoms with Crippen molar-refractivity contribution >= 4 is 13.1 Å². The standard InChI is InChI=1S/C5H9O2.3C2H5.Al.Li/c1-3-4-7-5-6-2;3*1-2;;/h3-4H,1,5H2,2H3;3*1H2,2H3;;/q;;;;-1;+1/b4-3+;;;;;. The molecule has 4 heteroatoms. The van der Waals surface area contributed by atoms with E-state index in [1.54, 1.807) is 13.4 Å². The number of ether oxygens (including phenoxy) is 2. The summed E-state index contributed by atoms with van der Waals surface area (Å²) in [5.41, 5.74) is 0.